The zero-order valence-electron chi connectivity index (χ0n) is 12.8. The van der Waals surface area contributed by atoms with Crippen molar-refractivity contribution in [3.63, 3.8) is 0 Å². The smallest absolute Gasteiger partial charge is 0.234 e. The molecule has 4 heteroatoms. The van der Waals surface area contributed by atoms with Crippen molar-refractivity contribution in [2.45, 2.75) is 82.4 Å². The lowest BCUT2D eigenvalue weighted by molar-refractivity contribution is -0.124. The van der Waals surface area contributed by atoms with Crippen molar-refractivity contribution in [3.05, 3.63) is 0 Å². The first kappa shape index (κ1) is 15.8. The molecule has 0 aliphatic heterocycles. The third kappa shape index (κ3) is 4.74. The van der Waals surface area contributed by atoms with Crippen LogP contribution in [-0.4, -0.2) is 47.7 Å². The number of likely N-dealkylation sites (N-methyl/N-ethyl adjacent to an activating group) is 1. The Balaban J connectivity index is 1.75. The van der Waals surface area contributed by atoms with Crippen LogP contribution in [0.5, 0.6) is 0 Å². The second-order valence-electron chi connectivity index (χ2n) is 6.59. The number of nitrogens with one attached hydrogen (secondary N) is 1. The van der Waals surface area contributed by atoms with E-state index in [4.69, 9.17) is 0 Å². The van der Waals surface area contributed by atoms with E-state index in [0.29, 0.717) is 12.6 Å². The average Bonchev–Trinajstić information content (AvgIpc) is 2.67. The highest BCUT2D eigenvalue weighted by molar-refractivity contribution is 5.78. The van der Waals surface area contributed by atoms with E-state index in [0.717, 1.165) is 38.5 Å². The Morgan fingerprint density at radius 1 is 1.05 bits per heavy atom. The summed E-state index contributed by atoms with van der Waals surface area (Å²) < 4.78 is 0. The molecule has 0 radical (unpaired) electrons. The summed E-state index contributed by atoms with van der Waals surface area (Å²) >= 11 is 0. The second kappa shape index (κ2) is 7.99. The monoisotopic (exact) mass is 282 g/mol. The molecule has 0 aromatic rings. The Kier molecular flexibility index (Phi) is 6.30. The van der Waals surface area contributed by atoms with Crippen molar-refractivity contribution >= 4 is 5.91 Å². The molecule has 2 rings (SSSR count). The Hall–Kier alpha value is -0.610. The summed E-state index contributed by atoms with van der Waals surface area (Å²) in [7, 11) is 1.96. The number of hydrogen-bond donors (Lipinski definition) is 2. The Morgan fingerprint density at radius 2 is 1.65 bits per heavy atom. The molecule has 0 aromatic carbocycles. The van der Waals surface area contributed by atoms with Gasteiger partial charge in [0.25, 0.3) is 0 Å². The van der Waals surface area contributed by atoms with Crippen LogP contribution in [0.25, 0.3) is 0 Å². The molecule has 4 nitrogen and oxygen atoms in total. The van der Waals surface area contributed by atoms with Crippen LogP contribution >= 0.6 is 0 Å². The van der Waals surface area contributed by atoms with E-state index in [1.807, 2.05) is 11.9 Å². The van der Waals surface area contributed by atoms with Gasteiger partial charge in [-0.25, -0.2) is 0 Å². The number of carbonyl (C=O) groups is 1. The molecule has 0 aromatic heterocycles. The molecule has 0 spiro atoms. The highest BCUT2D eigenvalue weighted by Crippen LogP contribution is 2.22. The molecule has 2 fully saturated rings. The van der Waals surface area contributed by atoms with Crippen LogP contribution in [0.4, 0.5) is 0 Å². The minimum absolute atomic E-state index is 0.122. The van der Waals surface area contributed by atoms with Gasteiger partial charge in [0.15, 0.2) is 0 Å². The number of hydrogen-bond acceptors (Lipinski definition) is 3. The van der Waals surface area contributed by atoms with E-state index >= 15 is 0 Å². The summed E-state index contributed by atoms with van der Waals surface area (Å²) in [6, 6.07) is 0.526. The zero-order valence-corrected chi connectivity index (χ0v) is 12.8. The van der Waals surface area contributed by atoms with Crippen molar-refractivity contribution in [1.82, 2.24) is 10.2 Å². The van der Waals surface area contributed by atoms with E-state index in [2.05, 4.69) is 5.32 Å². The Labute approximate surface area is 122 Å². The van der Waals surface area contributed by atoms with E-state index < -0.39 is 0 Å². The summed E-state index contributed by atoms with van der Waals surface area (Å²) in [6.07, 6.45) is 11.2. The number of nitrogens with zero attached hydrogens (tertiary/aromatic N) is 1. The molecule has 2 unspecified atom stereocenters. The fourth-order valence-electron chi connectivity index (χ4n) is 3.65. The van der Waals surface area contributed by atoms with Gasteiger partial charge in [-0.2, -0.15) is 0 Å². The predicted octanol–water partition coefficient (Wildman–Crippen LogP) is 2.06. The Bertz CT molecular complexity index is 301. The highest BCUT2D eigenvalue weighted by Gasteiger charge is 2.27. The number of aliphatic hydroxyl groups is 1. The number of amides is 1. The van der Waals surface area contributed by atoms with Gasteiger partial charge in [-0.3, -0.25) is 9.69 Å². The average molecular weight is 282 g/mol. The van der Waals surface area contributed by atoms with Gasteiger partial charge in [0.05, 0.1) is 12.6 Å². The molecule has 116 valence electrons. The molecule has 2 N–H and O–H groups in total. The van der Waals surface area contributed by atoms with Crippen LogP contribution in [0.3, 0.4) is 0 Å². The zero-order chi connectivity index (χ0) is 14.4. The largest absolute Gasteiger partial charge is 0.391 e. The van der Waals surface area contributed by atoms with E-state index in [1.54, 1.807) is 0 Å². The molecule has 2 aliphatic rings. The van der Waals surface area contributed by atoms with Gasteiger partial charge >= 0.3 is 0 Å². The second-order valence-corrected chi connectivity index (χ2v) is 6.59. The molecule has 2 atom stereocenters. The molecule has 2 saturated carbocycles. The lowest BCUT2D eigenvalue weighted by atomic mass is 9.91. The minimum atomic E-state index is -0.264. The van der Waals surface area contributed by atoms with E-state index in [-0.39, 0.29) is 18.1 Å². The predicted molar refractivity (Wildman–Crippen MR) is 80.5 cm³/mol. The van der Waals surface area contributed by atoms with Gasteiger partial charge < -0.3 is 10.4 Å². The van der Waals surface area contributed by atoms with Crippen LogP contribution in [-0.2, 0) is 4.79 Å². The summed E-state index contributed by atoms with van der Waals surface area (Å²) in [5, 5.41) is 13.2. The minimum Gasteiger partial charge on any atom is -0.391 e. The van der Waals surface area contributed by atoms with Gasteiger partial charge in [0.2, 0.25) is 5.91 Å². The number of carbonyl (C=O) groups excluding carboxylic acids is 1. The number of rotatable bonds is 4. The molecule has 0 bridgehead atoms. The van der Waals surface area contributed by atoms with Gasteiger partial charge in [0.1, 0.15) is 0 Å². The topological polar surface area (TPSA) is 52.6 Å². The standard InChI is InChI=1S/C16H30N2O2/c1-18(14-10-6-7-11-15(14)19)12-16(20)17-13-8-4-2-3-5-9-13/h13-15,19H,2-12H2,1H3,(H,17,20). The van der Waals surface area contributed by atoms with Crippen LogP contribution in [0, 0.1) is 0 Å². The maximum absolute atomic E-state index is 12.1. The first-order valence-electron chi connectivity index (χ1n) is 8.34. The van der Waals surface area contributed by atoms with Gasteiger partial charge in [-0.15, -0.1) is 0 Å². The molecular formula is C16H30N2O2. The molecule has 0 heterocycles. The quantitative estimate of drug-likeness (QED) is 0.776. The number of aliphatic hydroxyl groups excluding tert-OH is 1. The van der Waals surface area contributed by atoms with Crippen LogP contribution in [0.15, 0.2) is 0 Å². The first-order valence-corrected chi connectivity index (χ1v) is 8.34. The van der Waals surface area contributed by atoms with Gasteiger partial charge in [-0.05, 0) is 32.7 Å². The molecule has 2 aliphatic carbocycles. The van der Waals surface area contributed by atoms with Crippen LogP contribution < -0.4 is 5.32 Å². The van der Waals surface area contributed by atoms with Crippen molar-refractivity contribution in [2.24, 2.45) is 0 Å². The summed E-state index contributed by atoms with van der Waals surface area (Å²) in [4.78, 5) is 14.2. The SMILES string of the molecule is CN(CC(=O)NC1CCCCCC1)C1CCCCC1O. The summed E-state index contributed by atoms with van der Waals surface area (Å²) in [6.45, 7) is 0.415. The van der Waals surface area contributed by atoms with Crippen molar-refractivity contribution in [1.29, 1.82) is 0 Å². The van der Waals surface area contributed by atoms with E-state index in [1.165, 1.54) is 25.7 Å². The van der Waals surface area contributed by atoms with Crippen molar-refractivity contribution in [2.75, 3.05) is 13.6 Å². The van der Waals surface area contributed by atoms with Gasteiger partial charge in [-0.1, -0.05) is 38.5 Å². The summed E-state index contributed by atoms with van der Waals surface area (Å²) in [5.41, 5.74) is 0. The molecule has 1 amide bonds. The fourth-order valence-corrected chi connectivity index (χ4v) is 3.65. The van der Waals surface area contributed by atoms with Gasteiger partial charge in [0, 0.05) is 12.1 Å². The maximum Gasteiger partial charge on any atom is 0.234 e. The summed E-state index contributed by atoms with van der Waals surface area (Å²) in [5.74, 6) is 0.122. The maximum atomic E-state index is 12.1. The van der Waals surface area contributed by atoms with E-state index in [9.17, 15) is 9.90 Å². The third-order valence-corrected chi connectivity index (χ3v) is 4.87. The molecule has 20 heavy (non-hydrogen) atoms. The van der Waals surface area contributed by atoms with Crippen LogP contribution in [0.2, 0.25) is 0 Å². The Morgan fingerprint density at radius 3 is 2.30 bits per heavy atom. The lowest BCUT2D eigenvalue weighted by Crippen LogP contribution is -2.48. The highest BCUT2D eigenvalue weighted by atomic mass is 16.3. The molecular weight excluding hydrogens is 252 g/mol. The van der Waals surface area contributed by atoms with Crippen molar-refractivity contribution < 1.29 is 9.90 Å². The normalized spacial score (nSPS) is 29.1. The lowest BCUT2D eigenvalue weighted by Gasteiger charge is -2.35. The molecule has 0 saturated heterocycles. The van der Waals surface area contributed by atoms with Crippen molar-refractivity contribution in [3.8, 4) is 0 Å². The third-order valence-electron chi connectivity index (χ3n) is 4.87. The fraction of sp³-hybridized carbons (Fsp3) is 0.938. The first-order chi connectivity index (χ1) is 9.66. The van der Waals surface area contributed by atoms with Crippen LogP contribution in [0.1, 0.15) is 64.2 Å².